The summed E-state index contributed by atoms with van der Waals surface area (Å²) in [5.74, 6) is 1.15. The number of nitrogen functional groups attached to an aromatic ring is 1. The number of ether oxygens (including phenoxy) is 1. The predicted molar refractivity (Wildman–Crippen MR) is 84.0 cm³/mol. The van der Waals surface area contributed by atoms with Gasteiger partial charge in [0.05, 0.1) is 11.7 Å². The molecule has 3 N–H and O–H groups in total. The number of nitrogens with two attached hydrogens (primary N) is 1. The molecular formula is C15H19N3OS. The minimum atomic E-state index is 0.327. The molecule has 4 nitrogen and oxygen atoms in total. The number of aromatic nitrogens is 1. The van der Waals surface area contributed by atoms with Crippen LogP contribution in [0.5, 0.6) is 0 Å². The fourth-order valence-electron chi connectivity index (χ4n) is 2.57. The minimum absolute atomic E-state index is 0.327. The number of rotatable bonds is 4. The van der Waals surface area contributed by atoms with Crippen molar-refractivity contribution in [1.82, 2.24) is 4.37 Å². The van der Waals surface area contributed by atoms with Crippen LogP contribution in [0.4, 0.5) is 10.8 Å². The highest BCUT2D eigenvalue weighted by atomic mass is 32.1. The Kier molecular flexibility index (Phi) is 3.89. The molecule has 1 aliphatic rings. The smallest absolute Gasteiger partial charge is 0.147 e. The third-order valence-corrected chi connectivity index (χ3v) is 4.66. The average molecular weight is 289 g/mol. The van der Waals surface area contributed by atoms with Gasteiger partial charge in [0, 0.05) is 19.1 Å². The molecule has 1 fully saturated rings. The zero-order chi connectivity index (χ0) is 13.9. The second-order valence-corrected chi connectivity index (χ2v) is 5.92. The van der Waals surface area contributed by atoms with E-state index in [0.29, 0.717) is 17.8 Å². The van der Waals surface area contributed by atoms with Crippen molar-refractivity contribution in [3.8, 4) is 11.1 Å². The summed E-state index contributed by atoms with van der Waals surface area (Å²) in [6, 6.07) is 10.2. The maximum absolute atomic E-state index is 6.02. The van der Waals surface area contributed by atoms with Crippen LogP contribution < -0.4 is 11.1 Å². The molecule has 1 aromatic heterocycles. The first kappa shape index (κ1) is 13.4. The molecule has 0 radical (unpaired) electrons. The van der Waals surface area contributed by atoms with Gasteiger partial charge in [0.25, 0.3) is 0 Å². The molecule has 2 atom stereocenters. The third kappa shape index (κ3) is 2.64. The second kappa shape index (κ2) is 5.81. The molecule has 0 aliphatic carbocycles. The largest absolute Gasteiger partial charge is 0.382 e. The number of hydrogen-bond donors (Lipinski definition) is 2. The maximum atomic E-state index is 6.02. The van der Waals surface area contributed by atoms with E-state index in [0.717, 1.165) is 35.7 Å². The summed E-state index contributed by atoms with van der Waals surface area (Å²) in [5.41, 5.74) is 8.14. The third-order valence-electron chi connectivity index (χ3n) is 3.84. The number of anilines is 2. The monoisotopic (exact) mass is 289 g/mol. The van der Waals surface area contributed by atoms with Crippen molar-refractivity contribution in [1.29, 1.82) is 0 Å². The first-order valence-corrected chi connectivity index (χ1v) is 7.69. The van der Waals surface area contributed by atoms with E-state index in [9.17, 15) is 0 Å². The standard InChI is InChI=1S/C15H19N3OS/c1-10-12(7-8-19-10)9-17-15-13(14(16)18-20-15)11-5-3-2-4-6-11/h2-6,10,12,17H,7-9H2,1H3,(H2,16,18). The van der Waals surface area contributed by atoms with Crippen molar-refractivity contribution >= 4 is 22.4 Å². The van der Waals surface area contributed by atoms with Crippen LogP contribution in [0.25, 0.3) is 11.1 Å². The Bertz CT molecular complexity index is 570. The van der Waals surface area contributed by atoms with E-state index in [2.05, 4.69) is 28.7 Å². The molecule has 0 spiro atoms. The Morgan fingerprint density at radius 1 is 1.40 bits per heavy atom. The van der Waals surface area contributed by atoms with Gasteiger partial charge in [0.15, 0.2) is 0 Å². The molecule has 20 heavy (non-hydrogen) atoms. The van der Waals surface area contributed by atoms with Crippen molar-refractivity contribution in [2.75, 3.05) is 24.2 Å². The SMILES string of the molecule is CC1OCCC1CNc1snc(N)c1-c1ccccc1. The highest BCUT2D eigenvalue weighted by molar-refractivity contribution is 7.11. The van der Waals surface area contributed by atoms with Crippen LogP contribution in [0.1, 0.15) is 13.3 Å². The van der Waals surface area contributed by atoms with E-state index in [1.54, 1.807) is 0 Å². The van der Waals surface area contributed by atoms with Crippen LogP contribution in [-0.2, 0) is 4.74 Å². The topological polar surface area (TPSA) is 60.2 Å². The van der Waals surface area contributed by atoms with Gasteiger partial charge in [-0.3, -0.25) is 0 Å². The average Bonchev–Trinajstić information content (AvgIpc) is 3.03. The Labute approximate surface area is 123 Å². The number of nitrogens with one attached hydrogen (secondary N) is 1. The lowest BCUT2D eigenvalue weighted by Crippen LogP contribution is -2.20. The second-order valence-electron chi connectivity index (χ2n) is 5.14. The van der Waals surface area contributed by atoms with Gasteiger partial charge in [-0.25, -0.2) is 0 Å². The molecule has 0 bridgehead atoms. The molecule has 2 unspecified atom stereocenters. The number of nitrogens with zero attached hydrogens (tertiary/aromatic N) is 1. The van der Waals surface area contributed by atoms with E-state index in [4.69, 9.17) is 10.5 Å². The first-order chi connectivity index (χ1) is 9.75. The summed E-state index contributed by atoms with van der Waals surface area (Å²) in [6.07, 6.45) is 1.44. The van der Waals surface area contributed by atoms with Crippen LogP contribution >= 0.6 is 11.5 Å². The van der Waals surface area contributed by atoms with Gasteiger partial charge in [-0.2, -0.15) is 4.37 Å². The summed E-state index contributed by atoms with van der Waals surface area (Å²) in [4.78, 5) is 0. The van der Waals surface area contributed by atoms with Gasteiger partial charge >= 0.3 is 0 Å². The molecular weight excluding hydrogens is 270 g/mol. The molecule has 2 heterocycles. The Balaban J connectivity index is 1.77. The number of benzene rings is 1. The molecule has 0 saturated carbocycles. The highest BCUT2D eigenvalue weighted by Crippen LogP contribution is 2.37. The normalized spacial score (nSPS) is 22.1. The lowest BCUT2D eigenvalue weighted by Gasteiger charge is -2.15. The zero-order valence-electron chi connectivity index (χ0n) is 11.5. The van der Waals surface area contributed by atoms with Crippen LogP contribution in [0, 0.1) is 5.92 Å². The van der Waals surface area contributed by atoms with Crippen LogP contribution in [0.2, 0.25) is 0 Å². The van der Waals surface area contributed by atoms with Gasteiger partial charge in [0.2, 0.25) is 0 Å². The minimum Gasteiger partial charge on any atom is -0.382 e. The Hall–Kier alpha value is -1.59. The summed E-state index contributed by atoms with van der Waals surface area (Å²) in [5, 5.41) is 4.55. The lowest BCUT2D eigenvalue weighted by molar-refractivity contribution is 0.108. The van der Waals surface area contributed by atoms with Crippen molar-refractivity contribution < 1.29 is 4.74 Å². The van der Waals surface area contributed by atoms with Gasteiger partial charge < -0.3 is 15.8 Å². The van der Waals surface area contributed by atoms with Gasteiger partial charge in [0.1, 0.15) is 10.8 Å². The highest BCUT2D eigenvalue weighted by Gasteiger charge is 2.24. The van der Waals surface area contributed by atoms with Crippen molar-refractivity contribution in [3.05, 3.63) is 30.3 Å². The summed E-state index contributed by atoms with van der Waals surface area (Å²) in [6.45, 7) is 3.91. The Morgan fingerprint density at radius 2 is 2.20 bits per heavy atom. The summed E-state index contributed by atoms with van der Waals surface area (Å²) < 4.78 is 9.88. The quantitative estimate of drug-likeness (QED) is 0.907. The zero-order valence-corrected chi connectivity index (χ0v) is 12.3. The fraction of sp³-hybridized carbons (Fsp3) is 0.400. The van der Waals surface area contributed by atoms with Crippen LogP contribution in [0.15, 0.2) is 30.3 Å². The molecule has 1 aliphatic heterocycles. The maximum Gasteiger partial charge on any atom is 0.147 e. The summed E-state index contributed by atoms with van der Waals surface area (Å²) in [7, 11) is 0. The van der Waals surface area contributed by atoms with Gasteiger partial charge in [-0.05, 0) is 30.4 Å². The molecule has 106 valence electrons. The molecule has 3 rings (SSSR count). The Morgan fingerprint density at radius 3 is 2.90 bits per heavy atom. The van der Waals surface area contributed by atoms with Crippen molar-refractivity contribution in [3.63, 3.8) is 0 Å². The van der Waals surface area contributed by atoms with E-state index >= 15 is 0 Å². The van der Waals surface area contributed by atoms with Gasteiger partial charge in [-0.1, -0.05) is 30.3 Å². The molecule has 1 aromatic carbocycles. The van der Waals surface area contributed by atoms with Crippen LogP contribution in [0.3, 0.4) is 0 Å². The van der Waals surface area contributed by atoms with Crippen molar-refractivity contribution in [2.45, 2.75) is 19.4 Å². The van der Waals surface area contributed by atoms with Crippen LogP contribution in [-0.4, -0.2) is 23.6 Å². The predicted octanol–water partition coefficient (Wildman–Crippen LogP) is 3.23. The first-order valence-electron chi connectivity index (χ1n) is 6.91. The lowest BCUT2D eigenvalue weighted by atomic mass is 10.0. The van der Waals surface area contributed by atoms with Crippen molar-refractivity contribution in [2.24, 2.45) is 5.92 Å². The summed E-state index contributed by atoms with van der Waals surface area (Å²) >= 11 is 1.43. The molecule has 2 aromatic rings. The van der Waals surface area contributed by atoms with E-state index in [1.165, 1.54) is 11.5 Å². The molecule has 5 heteroatoms. The fourth-order valence-corrected chi connectivity index (χ4v) is 3.32. The van der Waals surface area contributed by atoms with E-state index in [-0.39, 0.29) is 0 Å². The molecule has 1 saturated heterocycles. The number of hydrogen-bond acceptors (Lipinski definition) is 5. The van der Waals surface area contributed by atoms with E-state index in [1.807, 2.05) is 18.2 Å². The van der Waals surface area contributed by atoms with E-state index < -0.39 is 0 Å². The van der Waals surface area contributed by atoms with Gasteiger partial charge in [-0.15, -0.1) is 0 Å². The molecule has 0 amide bonds.